The predicted molar refractivity (Wildman–Crippen MR) is 85.1 cm³/mol. The lowest BCUT2D eigenvalue weighted by Crippen LogP contribution is -2.10. The molecule has 1 fully saturated rings. The summed E-state index contributed by atoms with van der Waals surface area (Å²) in [6.45, 7) is 0. The first-order valence-corrected chi connectivity index (χ1v) is 10.4. The standard InChI is InChI=1S/C15H14ClO2PS/c16-19(17)18-14(12-7-3-1-4-8-12)11-15(20-19)13-9-5-2-6-10-13/h1-10,14-15H,11H2. The molecule has 0 N–H and O–H groups in total. The molecule has 0 amide bonds. The highest BCUT2D eigenvalue weighted by Gasteiger charge is 2.38. The van der Waals surface area contributed by atoms with Crippen molar-refractivity contribution >= 4 is 28.5 Å². The van der Waals surface area contributed by atoms with Crippen LogP contribution in [-0.2, 0) is 9.09 Å². The Morgan fingerprint density at radius 2 is 1.55 bits per heavy atom. The third kappa shape index (κ3) is 3.29. The van der Waals surface area contributed by atoms with Crippen molar-refractivity contribution in [2.75, 3.05) is 0 Å². The van der Waals surface area contributed by atoms with Crippen molar-refractivity contribution in [2.24, 2.45) is 0 Å². The molecule has 0 bridgehead atoms. The van der Waals surface area contributed by atoms with Gasteiger partial charge in [-0.05, 0) is 40.2 Å². The van der Waals surface area contributed by atoms with Gasteiger partial charge in [-0.2, -0.15) is 0 Å². The molecular formula is C15H14ClO2PS. The molecular weight excluding hydrogens is 311 g/mol. The molecule has 0 radical (unpaired) electrons. The van der Waals surface area contributed by atoms with E-state index in [-0.39, 0.29) is 11.4 Å². The van der Waals surface area contributed by atoms with Gasteiger partial charge >= 0.3 is 5.92 Å². The van der Waals surface area contributed by atoms with Crippen LogP contribution in [0.3, 0.4) is 0 Å². The van der Waals surface area contributed by atoms with Gasteiger partial charge in [0.25, 0.3) is 0 Å². The fourth-order valence-electron chi connectivity index (χ4n) is 2.34. The molecule has 0 aromatic heterocycles. The normalized spacial score (nSPS) is 30.1. The second-order valence-corrected chi connectivity index (χ2v) is 10.5. The Bertz CT molecular complexity index is 569. The number of halogens is 1. The zero-order chi connectivity index (χ0) is 14.0. The summed E-state index contributed by atoms with van der Waals surface area (Å²) in [7, 11) is 0. The highest BCUT2D eigenvalue weighted by atomic mass is 35.7. The molecule has 2 aromatic carbocycles. The molecule has 0 spiro atoms. The van der Waals surface area contributed by atoms with Gasteiger partial charge in [0.05, 0.1) is 6.10 Å². The summed E-state index contributed by atoms with van der Waals surface area (Å²) in [6.07, 6.45) is 0.557. The van der Waals surface area contributed by atoms with Crippen LogP contribution in [0.4, 0.5) is 0 Å². The fraction of sp³-hybridized carbons (Fsp3) is 0.200. The number of hydrogen-bond donors (Lipinski definition) is 0. The second-order valence-electron chi connectivity index (χ2n) is 4.68. The summed E-state index contributed by atoms with van der Waals surface area (Å²) >= 11 is 7.30. The molecule has 3 atom stereocenters. The molecule has 1 heterocycles. The fourth-order valence-corrected chi connectivity index (χ4v) is 6.89. The summed E-state index contributed by atoms with van der Waals surface area (Å²) in [5.41, 5.74) is 2.16. The van der Waals surface area contributed by atoms with E-state index < -0.39 is 5.92 Å². The molecule has 0 aliphatic carbocycles. The molecule has 1 aliphatic heterocycles. The summed E-state index contributed by atoms with van der Waals surface area (Å²) in [5, 5.41) is 0.0958. The maximum absolute atomic E-state index is 12.3. The summed E-state index contributed by atoms with van der Waals surface area (Å²) in [5.74, 6) is -3.14. The topological polar surface area (TPSA) is 26.3 Å². The minimum Gasteiger partial charge on any atom is -0.302 e. The molecule has 2 aromatic rings. The molecule has 104 valence electrons. The lowest BCUT2D eigenvalue weighted by molar-refractivity contribution is 0.205. The lowest BCUT2D eigenvalue weighted by Gasteiger charge is -2.32. The van der Waals surface area contributed by atoms with Crippen molar-refractivity contribution in [3.63, 3.8) is 0 Å². The van der Waals surface area contributed by atoms with Crippen LogP contribution in [0.2, 0.25) is 0 Å². The van der Waals surface area contributed by atoms with Gasteiger partial charge in [0.2, 0.25) is 0 Å². The second kappa shape index (κ2) is 5.95. The van der Waals surface area contributed by atoms with Crippen LogP contribution >= 0.6 is 28.5 Å². The Morgan fingerprint density at radius 3 is 2.15 bits per heavy atom. The van der Waals surface area contributed by atoms with Crippen LogP contribution < -0.4 is 0 Å². The molecule has 3 unspecified atom stereocenters. The highest BCUT2D eigenvalue weighted by molar-refractivity contribution is 8.63. The van der Waals surface area contributed by atoms with Crippen LogP contribution in [0.5, 0.6) is 0 Å². The monoisotopic (exact) mass is 324 g/mol. The van der Waals surface area contributed by atoms with Gasteiger partial charge in [0, 0.05) is 5.25 Å². The van der Waals surface area contributed by atoms with Crippen molar-refractivity contribution in [2.45, 2.75) is 17.8 Å². The first-order chi connectivity index (χ1) is 9.64. The Kier molecular flexibility index (Phi) is 4.23. The van der Waals surface area contributed by atoms with E-state index in [1.807, 2.05) is 60.7 Å². The quantitative estimate of drug-likeness (QED) is 0.637. The molecule has 1 saturated heterocycles. The van der Waals surface area contributed by atoms with E-state index in [0.717, 1.165) is 17.5 Å². The van der Waals surface area contributed by atoms with Gasteiger partial charge in [-0.25, -0.2) is 0 Å². The third-order valence-electron chi connectivity index (χ3n) is 3.28. The molecule has 1 aliphatic rings. The summed E-state index contributed by atoms with van der Waals surface area (Å²) < 4.78 is 17.9. The van der Waals surface area contributed by atoms with Gasteiger partial charge in [-0.1, -0.05) is 60.7 Å². The summed E-state index contributed by atoms with van der Waals surface area (Å²) in [6, 6.07) is 19.9. The van der Waals surface area contributed by atoms with Crippen LogP contribution in [0.1, 0.15) is 28.9 Å². The van der Waals surface area contributed by atoms with Crippen molar-refractivity contribution in [3.8, 4) is 0 Å². The predicted octanol–water partition coefficient (Wildman–Crippen LogP) is 5.97. The largest absolute Gasteiger partial charge is 0.347 e. The van der Waals surface area contributed by atoms with E-state index in [9.17, 15) is 4.57 Å². The minimum absolute atomic E-state index is 0.0958. The van der Waals surface area contributed by atoms with Gasteiger partial charge in [0.15, 0.2) is 0 Å². The van der Waals surface area contributed by atoms with Gasteiger partial charge in [-0.3, -0.25) is 4.57 Å². The van der Waals surface area contributed by atoms with E-state index in [1.54, 1.807) is 0 Å². The SMILES string of the molecule is O=P1(Cl)OC(c2ccccc2)CC(c2ccccc2)S1. The Balaban J connectivity index is 1.89. The van der Waals surface area contributed by atoms with Crippen LogP contribution in [0, 0.1) is 0 Å². The van der Waals surface area contributed by atoms with E-state index >= 15 is 0 Å². The average molecular weight is 325 g/mol. The molecule has 20 heavy (non-hydrogen) atoms. The number of rotatable bonds is 2. The van der Waals surface area contributed by atoms with E-state index in [0.29, 0.717) is 0 Å². The molecule has 0 saturated carbocycles. The van der Waals surface area contributed by atoms with Crippen LogP contribution in [-0.4, -0.2) is 0 Å². The first kappa shape index (κ1) is 14.2. The average Bonchev–Trinajstić information content (AvgIpc) is 2.47. The van der Waals surface area contributed by atoms with Crippen LogP contribution in [0.25, 0.3) is 0 Å². The molecule has 2 nitrogen and oxygen atoms in total. The Hall–Kier alpha value is -0.730. The van der Waals surface area contributed by atoms with E-state index in [1.165, 1.54) is 11.4 Å². The zero-order valence-corrected chi connectivity index (χ0v) is 13.2. The van der Waals surface area contributed by atoms with Gasteiger partial charge in [0.1, 0.15) is 0 Å². The van der Waals surface area contributed by atoms with E-state index in [2.05, 4.69) is 0 Å². The van der Waals surface area contributed by atoms with Crippen LogP contribution in [0.15, 0.2) is 60.7 Å². The zero-order valence-electron chi connectivity index (χ0n) is 10.7. The van der Waals surface area contributed by atoms with Crippen molar-refractivity contribution in [3.05, 3.63) is 71.8 Å². The number of benzene rings is 2. The maximum atomic E-state index is 12.3. The molecule has 5 heteroatoms. The van der Waals surface area contributed by atoms with Crippen molar-refractivity contribution in [1.29, 1.82) is 0 Å². The molecule has 3 rings (SSSR count). The van der Waals surface area contributed by atoms with Crippen molar-refractivity contribution < 1.29 is 9.09 Å². The third-order valence-corrected chi connectivity index (χ3v) is 7.49. The smallest absolute Gasteiger partial charge is 0.302 e. The Morgan fingerprint density at radius 1 is 1.00 bits per heavy atom. The lowest BCUT2D eigenvalue weighted by atomic mass is 10.0. The first-order valence-electron chi connectivity index (χ1n) is 6.40. The minimum atomic E-state index is -3.14. The van der Waals surface area contributed by atoms with Gasteiger partial charge < -0.3 is 4.52 Å². The van der Waals surface area contributed by atoms with Gasteiger partial charge in [-0.15, -0.1) is 0 Å². The van der Waals surface area contributed by atoms with Crippen molar-refractivity contribution in [1.82, 2.24) is 0 Å². The Labute approximate surface area is 127 Å². The van der Waals surface area contributed by atoms with E-state index in [4.69, 9.17) is 15.8 Å². The number of hydrogen-bond acceptors (Lipinski definition) is 3. The highest BCUT2D eigenvalue weighted by Crippen LogP contribution is 2.75. The summed E-state index contributed by atoms with van der Waals surface area (Å²) in [4.78, 5) is 0. The maximum Gasteiger partial charge on any atom is 0.347 e.